The summed E-state index contributed by atoms with van der Waals surface area (Å²) in [6.07, 6.45) is 2.44. The van der Waals surface area contributed by atoms with Crippen LogP contribution in [0.4, 0.5) is 5.69 Å². The SMILES string of the molecule is N#Cc1ccc(OC(=O)/C=C/c2ccccc2[N+](=O)[O-])cc1. The van der Waals surface area contributed by atoms with E-state index in [1.165, 1.54) is 42.5 Å². The average molecular weight is 294 g/mol. The van der Waals surface area contributed by atoms with Gasteiger partial charge in [0.15, 0.2) is 0 Å². The number of carbonyl (C=O) groups is 1. The van der Waals surface area contributed by atoms with Crippen molar-refractivity contribution >= 4 is 17.7 Å². The summed E-state index contributed by atoms with van der Waals surface area (Å²) in [4.78, 5) is 22.0. The van der Waals surface area contributed by atoms with E-state index in [1.807, 2.05) is 6.07 Å². The number of benzene rings is 2. The lowest BCUT2D eigenvalue weighted by Gasteiger charge is -2.01. The fraction of sp³-hybridized carbons (Fsp3) is 0. The Hall–Kier alpha value is -3.46. The van der Waals surface area contributed by atoms with Crippen LogP contribution in [0.5, 0.6) is 5.75 Å². The van der Waals surface area contributed by atoms with E-state index in [4.69, 9.17) is 10.00 Å². The first-order valence-electron chi connectivity index (χ1n) is 6.23. The highest BCUT2D eigenvalue weighted by Crippen LogP contribution is 2.19. The first-order valence-corrected chi connectivity index (χ1v) is 6.23. The van der Waals surface area contributed by atoms with E-state index < -0.39 is 10.9 Å². The van der Waals surface area contributed by atoms with Gasteiger partial charge >= 0.3 is 5.97 Å². The van der Waals surface area contributed by atoms with Crippen LogP contribution in [0.15, 0.2) is 54.6 Å². The first kappa shape index (κ1) is 14.9. The van der Waals surface area contributed by atoms with Crippen LogP contribution in [-0.4, -0.2) is 10.9 Å². The number of para-hydroxylation sites is 1. The van der Waals surface area contributed by atoms with Crippen LogP contribution in [-0.2, 0) is 4.79 Å². The maximum Gasteiger partial charge on any atom is 0.336 e. The van der Waals surface area contributed by atoms with Crippen LogP contribution >= 0.6 is 0 Å². The number of nitro groups is 1. The van der Waals surface area contributed by atoms with Gasteiger partial charge in [-0.15, -0.1) is 0 Å². The average Bonchev–Trinajstić information content (AvgIpc) is 2.54. The van der Waals surface area contributed by atoms with Crippen LogP contribution in [0, 0.1) is 21.4 Å². The molecule has 0 unspecified atom stereocenters. The van der Waals surface area contributed by atoms with Gasteiger partial charge in [0.05, 0.1) is 22.1 Å². The number of esters is 1. The summed E-state index contributed by atoms with van der Waals surface area (Å²) < 4.78 is 5.03. The largest absolute Gasteiger partial charge is 0.423 e. The van der Waals surface area contributed by atoms with Crippen molar-refractivity contribution < 1.29 is 14.5 Å². The van der Waals surface area contributed by atoms with E-state index in [2.05, 4.69) is 0 Å². The van der Waals surface area contributed by atoms with Gasteiger partial charge in [0, 0.05) is 12.1 Å². The maximum atomic E-state index is 11.7. The van der Waals surface area contributed by atoms with E-state index in [0.717, 1.165) is 6.08 Å². The Morgan fingerprint density at radius 1 is 1.18 bits per heavy atom. The second-order valence-corrected chi connectivity index (χ2v) is 4.21. The molecule has 0 aliphatic rings. The molecule has 0 aliphatic carbocycles. The number of nitriles is 1. The predicted molar refractivity (Wildman–Crippen MR) is 78.9 cm³/mol. The van der Waals surface area contributed by atoms with Gasteiger partial charge in [0.2, 0.25) is 0 Å². The molecular formula is C16H10N2O4. The van der Waals surface area contributed by atoms with Crippen molar-refractivity contribution in [3.05, 3.63) is 75.8 Å². The number of ether oxygens (including phenoxy) is 1. The van der Waals surface area contributed by atoms with Crippen molar-refractivity contribution in [3.8, 4) is 11.8 Å². The quantitative estimate of drug-likeness (QED) is 0.284. The molecule has 0 fully saturated rings. The molecule has 0 spiro atoms. The highest BCUT2D eigenvalue weighted by Gasteiger charge is 2.10. The maximum absolute atomic E-state index is 11.7. The Morgan fingerprint density at radius 3 is 2.50 bits per heavy atom. The molecule has 2 rings (SSSR count). The molecule has 0 amide bonds. The Bertz CT molecular complexity index is 773. The van der Waals surface area contributed by atoms with Crippen molar-refractivity contribution in [2.45, 2.75) is 0 Å². The molecule has 0 heterocycles. The number of nitrogens with zero attached hydrogens (tertiary/aromatic N) is 2. The molecule has 0 saturated carbocycles. The first-order chi connectivity index (χ1) is 10.6. The molecular weight excluding hydrogens is 284 g/mol. The molecule has 22 heavy (non-hydrogen) atoms. The molecule has 0 atom stereocenters. The van der Waals surface area contributed by atoms with Crippen LogP contribution < -0.4 is 4.74 Å². The summed E-state index contributed by atoms with van der Waals surface area (Å²) in [6.45, 7) is 0. The summed E-state index contributed by atoms with van der Waals surface area (Å²) in [7, 11) is 0. The van der Waals surface area contributed by atoms with E-state index in [-0.39, 0.29) is 11.4 Å². The molecule has 6 heteroatoms. The van der Waals surface area contributed by atoms with Crippen molar-refractivity contribution in [1.29, 1.82) is 5.26 Å². The summed E-state index contributed by atoms with van der Waals surface area (Å²) in [6, 6.07) is 14.1. The van der Waals surface area contributed by atoms with Crippen molar-refractivity contribution in [2.75, 3.05) is 0 Å². The zero-order valence-electron chi connectivity index (χ0n) is 11.3. The summed E-state index contributed by atoms with van der Waals surface area (Å²) in [5, 5.41) is 19.5. The van der Waals surface area contributed by atoms with Crippen LogP contribution in [0.25, 0.3) is 6.08 Å². The predicted octanol–water partition coefficient (Wildman–Crippen LogP) is 3.09. The molecule has 0 radical (unpaired) electrons. The molecule has 2 aromatic carbocycles. The van der Waals surface area contributed by atoms with Crippen LogP contribution in [0.2, 0.25) is 0 Å². The third-order valence-electron chi connectivity index (χ3n) is 2.73. The standard InChI is InChI=1S/C16H10N2O4/c17-11-12-5-8-14(9-6-12)22-16(19)10-7-13-3-1-2-4-15(13)18(20)21/h1-10H/b10-7+. The molecule has 0 aliphatic heterocycles. The second kappa shape index (κ2) is 6.81. The smallest absolute Gasteiger partial charge is 0.336 e. The van der Waals surface area contributed by atoms with Gasteiger partial charge in [-0.1, -0.05) is 12.1 Å². The van der Waals surface area contributed by atoms with E-state index in [0.29, 0.717) is 11.1 Å². The van der Waals surface area contributed by atoms with Gasteiger partial charge in [0.25, 0.3) is 5.69 Å². The minimum atomic E-state index is -0.664. The summed E-state index contributed by atoms with van der Waals surface area (Å²) in [5.74, 6) is -0.376. The lowest BCUT2D eigenvalue weighted by molar-refractivity contribution is -0.385. The number of nitro benzene ring substituents is 1. The third kappa shape index (κ3) is 3.77. The number of rotatable bonds is 4. The van der Waals surface area contributed by atoms with Crippen LogP contribution in [0.1, 0.15) is 11.1 Å². The van der Waals surface area contributed by atoms with Gasteiger partial charge in [-0.3, -0.25) is 10.1 Å². The number of hydrogen-bond acceptors (Lipinski definition) is 5. The fourth-order valence-electron chi connectivity index (χ4n) is 1.70. The Labute approximate surface area is 126 Å². The van der Waals surface area contributed by atoms with E-state index in [1.54, 1.807) is 12.1 Å². The van der Waals surface area contributed by atoms with E-state index in [9.17, 15) is 14.9 Å². The molecule has 0 aromatic heterocycles. The zero-order valence-corrected chi connectivity index (χ0v) is 11.3. The van der Waals surface area contributed by atoms with Crippen molar-refractivity contribution in [1.82, 2.24) is 0 Å². The molecule has 6 nitrogen and oxygen atoms in total. The highest BCUT2D eigenvalue weighted by molar-refractivity contribution is 5.89. The van der Waals surface area contributed by atoms with E-state index >= 15 is 0 Å². The molecule has 0 N–H and O–H groups in total. The van der Waals surface area contributed by atoms with Crippen molar-refractivity contribution in [3.63, 3.8) is 0 Å². The second-order valence-electron chi connectivity index (χ2n) is 4.21. The lowest BCUT2D eigenvalue weighted by Crippen LogP contribution is -2.03. The van der Waals surface area contributed by atoms with Gasteiger partial charge in [-0.05, 0) is 36.4 Å². The summed E-state index contributed by atoms with van der Waals surface area (Å²) in [5.41, 5.74) is 0.671. The molecule has 2 aromatic rings. The molecule has 0 bridgehead atoms. The highest BCUT2D eigenvalue weighted by atomic mass is 16.6. The Kier molecular flexibility index (Phi) is 4.63. The van der Waals surface area contributed by atoms with Gasteiger partial charge in [-0.2, -0.15) is 5.26 Å². The van der Waals surface area contributed by atoms with Crippen LogP contribution in [0.3, 0.4) is 0 Å². The Morgan fingerprint density at radius 2 is 1.86 bits per heavy atom. The van der Waals surface area contributed by atoms with Gasteiger partial charge in [-0.25, -0.2) is 4.79 Å². The normalized spacial score (nSPS) is 10.1. The Balaban J connectivity index is 2.08. The number of hydrogen-bond donors (Lipinski definition) is 0. The van der Waals surface area contributed by atoms with Gasteiger partial charge < -0.3 is 4.74 Å². The third-order valence-corrected chi connectivity index (χ3v) is 2.73. The van der Waals surface area contributed by atoms with Gasteiger partial charge in [0.1, 0.15) is 5.75 Å². The fourth-order valence-corrected chi connectivity index (χ4v) is 1.70. The lowest BCUT2D eigenvalue weighted by atomic mass is 10.1. The monoisotopic (exact) mass is 294 g/mol. The number of carbonyl (C=O) groups excluding carboxylic acids is 1. The van der Waals surface area contributed by atoms with Crippen molar-refractivity contribution in [2.24, 2.45) is 0 Å². The minimum absolute atomic E-state index is 0.0927. The molecule has 108 valence electrons. The molecule has 0 saturated heterocycles. The zero-order chi connectivity index (χ0) is 15.9. The summed E-state index contributed by atoms with van der Waals surface area (Å²) >= 11 is 0. The minimum Gasteiger partial charge on any atom is -0.423 e. The topological polar surface area (TPSA) is 93.2 Å².